The summed E-state index contributed by atoms with van der Waals surface area (Å²) in [6.45, 7) is 2.03. The van der Waals surface area contributed by atoms with Gasteiger partial charge in [-0.05, 0) is 32.9 Å². The van der Waals surface area contributed by atoms with Crippen LogP contribution in [0.5, 0.6) is 0 Å². The molecular weight excluding hydrogens is 267 g/mol. The van der Waals surface area contributed by atoms with E-state index in [0.29, 0.717) is 6.04 Å². The molecule has 0 aromatic rings. The Kier molecular flexibility index (Phi) is 4.28. The normalized spacial score (nSPS) is 24.3. The zero-order valence-electron chi connectivity index (χ0n) is 7.35. The van der Waals surface area contributed by atoms with E-state index in [1.807, 2.05) is 0 Å². The molecule has 0 aromatic carbocycles. The van der Waals surface area contributed by atoms with Gasteiger partial charge in [-0.25, -0.2) is 0 Å². The first-order valence-corrected chi connectivity index (χ1v) is 5.41. The van der Waals surface area contributed by atoms with Gasteiger partial charge in [-0.3, -0.25) is 4.79 Å². The molecule has 4 heteroatoms. The number of carbonyl (C=O) groups excluding carboxylic acids is 1. The molecule has 0 spiro atoms. The minimum absolute atomic E-state index is 0.0493. The third-order valence-electron chi connectivity index (χ3n) is 2.41. The molecule has 3 nitrogen and oxygen atoms in total. The fourth-order valence-corrected chi connectivity index (χ4v) is 1.95. The molecule has 70 valence electrons. The van der Waals surface area contributed by atoms with E-state index < -0.39 is 0 Å². The maximum atomic E-state index is 10.6. The molecule has 1 aliphatic rings. The van der Waals surface area contributed by atoms with Crippen molar-refractivity contribution in [3.63, 3.8) is 0 Å². The van der Waals surface area contributed by atoms with E-state index in [9.17, 15) is 4.79 Å². The summed E-state index contributed by atoms with van der Waals surface area (Å²) in [5, 5.41) is 2.81. The van der Waals surface area contributed by atoms with Crippen LogP contribution in [-0.4, -0.2) is 35.0 Å². The van der Waals surface area contributed by atoms with Gasteiger partial charge in [-0.15, -0.1) is 0 Å². The van der Waals surface area contributed by atoms with E-state index in [4.69, 9.17) is 0 Å². The Balaban J connectivity index is 2.10. The summed E-state index contributed by atoms with van der Waals surface area (Å²) in [5.74, 6) is 0. The van der Waals surface area contributed by atoms with Gasteiger partial charge in [0.1, 0.15) is 0 Å². The van der Waals surface area contributed by atoms with Crippen molar-refractivity contribution in [1.82, 2.24) is 10.2 Å². The molecule has 0 aliphatic carbocycles. The standard InChI is InChI=1S/C8H15IN2O/c1-11-6-2-3-7(11)4-5-10-8(9)12/h7H,2-6H2,1H3,(H,10,12). The summed E-state index contributed by atoms with van der Waals surface area (Å²) in [4.78, 5) is 12.9. The molecule has 1 N–H and O–H groups in total. The van der Waals surface area contributed by atoms with Crippen molar-refractivity contribution in [2.45, 2.75) is 25.3 Å². The minimum Gasteiger partial charge on any atom is -0.347 e. The van der Waals surface area contributed by atoms with Gasteiger partial charge in [0.05, 0.1) is 0 Å². The highest BCUT2D eigenvalue weighted by atomic mass is 127. The average Bonchev–Trinajstić information content (AvgIpc) is 2.36. The molecule has 0 radical (unpaired) electrons. The Morgan fingerprint density at radius 1 is 1.75 bits per heavy atom. The van der Waals surface area contributed by atoms with E-state index in [0.717, 1.165) is 13.0 Å². The number of rotatable bonds is 3. The molecular formula is C8H15IN2O. The smallest absolute Gasteiger partial charge is 0.280 e. The Morgan fingerprint density at radius 2 is 2.50 bits per heavy atom. The predicted molar refractivity (Wildman–Crippen MR) is 57.7 cm³/mol. The third kappa shape index (κ3) is 3.26. The second-order valence-electron chi connectivity index (χ2n) is 3.27. The Hall–Kier alpha value is 0.160. The molecule has 1 fully saturated rings. The highest BCUT2D eigenvalue weighted by Crippen LogP contribution is 2.16. The highest BCUT2D eigenvalue weighted by Gasteiger charge is 2.19. The molecule has 1 saturated heterocycles. The second kappa shape index (κ2) is 5.01. The van der Waals surface area contributed by atoms with Gasteiger partial charge in [0.25, 0.3) is 3.91 Å². The van der Waals surface area contributed by atoms with E-state index in [-0.39, 0.29) is 3.91 Å². The molecule has 0 bridgehead atoms. The summed E-state index contributed by atoms with van der Waals surface area (Å²) < 4.78 is 0.0493. The zero-order valence-corrected chi connectivity index (χ0v) is 9.50. The average molecular weight is 282 g/mol. The number of nitrogens with zero attached hydrogens (tertiary/aromatic N) is 1. The van der Waals surface area contributed by atoms with Crippen molar-refractivity contribution in [3.05, 3.63) is 0 Å². The van der Waals surface area contributed by atoms with Crippen LogP contribution in [0.15, 0.2) is 0 Å². The van der Waals surface area contributed by atoms with Gasteiger partial charge in [0.2, 0.25) is 0 Å². The van der Waals surface area contributed by atoms with Crippen LogP contribution >= 0.6 is 22.6 Å². The SMILES string of the molecule is CN1CCCC1CCNC(=O)I. The molecule has 0 aromatic heterocycles. The third-order valence-corrected chi connectivity index (χ3v) is 2.79. The van der Waals surface area contributed by atoms with Crippen molar-refractivity contribution in [2.24, 2.45) is 0 Å². The summed E-state index contributed by atoms with van der Waals surface area (Å²) >= 11 is 1.77. The van der Waals surface area contributed by atoms with Crippen LogP contribution in [0.1, 0.15) is 19.3 Å². The van der Waals surface area contributed by atoms with Crippen molar-refractivity contribution < 1.29 is 4.79 Å². The molecule has 1 unspecified atom stereocenters. The lowest BCUT2D eigenvalue weighted by molar-refractivity contribution is 0.259. The monoisotopic (exact) mass is 282 g/mol. The summed E-state index contributed by atoms with van der Waals surface area (Å²) in [6, 6.07) is 0.688. The molecule has 1 heterocycles. The molecule has 1 amide bonds. The van der Waals surface area contributed by atoms with E-state index in [1.54, 1.807) is 22.6 Å². The highest BCUT2D eigenvalue weighted by molar-refractivity contribution is 14.1. The van der Waals surface area contributed by atoms with E-state index in [1.165, 1.54) is 19.4 Å². The van der Waals surface area contributed by atoms with Gasteiger partial charge in [0.15, 0.2) is 0 Å². The fourth-order valence-electron chi connectivity index (χ4n) is 1.68. The van der Waals surface area contributed by atoms with Crippen molar-refractivity contribution in [2.75, 3.05) is 20.1 Å². The van der Waals surface area contributed by atoms with Gasteiger partial charge >= 0.3 is 0 Å². The number of carbonyl (C=O) groups is 1. The first kappa shape index (κ1) is 10.2. The largest absolute Gasteiger partial charge is 0.347 e. The van der Waals surface area contributed by atoms with Crippen LogP contribution < -0.4 is 5.32 Å². The Labute approximate surface area is 87.0 Å². The molecule has 1 atom stereocenters. The number of likely N-dealkylation sites (tertiary alicyclic amines) is 1. The number of nitrogens with one attached hydrogen (secondary N) is 1. The molecule has 0 saturated carbocycles. The van der Waals surface area contributed by atoms with E-state index >= 15 is 0 Å². The summed E-state index contributed by atoms with van der Waals surface area (Å²) in [7, 11) is 2.16. The molecule has 1 aliphatic heterocycles. The molecule has 1 rings (SSSR count). The number of amides is 1. The lowest BCUT2D eigenvalue weighted by atomic mass is 10.1. The van der Waals surface area contributed by atoms with Crippen molar-refractivity contribution in [3.8, 4) is 0 Å². The lowest BCUT2D eigenvalue weighted by Crippen LogP contribution is -2.29. The number of hydrogen-bond donors (Lipinski definition) is 1. The lowest BCUT2D eigenvalue weighted by Gasteiger charge is -2.18. The Bertz CT molecular complexity index is 163. The van der Waals surface area contributed by atoms with Gasteiger partial charge in [-0.1, -0.05) is 0 Å². The van der Waals surface area contributed by atoms with Gasteiger partial charge in [-0.2, -0.15) is 0 Å². The minimum atomic E-state index is 0.0493. The van der Waals surface area contributed by atoms with Crippen molar-refractivity contribution in [1.29, 1.82) is 0 Å². The summed E-state index contributed by atoms with van der Waals surface area (Å²) in [5.41, 5.74) is 0. The van der Waals surface area contributed by atoms with Gasteiger partial charge < -0.3 is 10.2 Å². The van der Waals surface area contributed by atoms with Crippen LogP contribution in [0.25, 0.3) is 0 Å². The Morgan fingerprint density at radius 3 is 3.00 bits per heavy atom. The van der Waals surface area contributed by atoms with Crippen molar-refractivity contribution >= 4 is 26.5 Å². The zero-order chi connectivity index (χ0) is 8.97. The maximum Gasteiger partial charge on any atom is 0.280 e. The van der Waals surface area contributed by atoms with E-state index in [2.05, 4.69) is 17.3 Å². The topological polar surface area (TPSA) is 32.3 Å². The fraction of sp³-hybridized carbons (Fsp3) is 0.875. The first-order chi connectivity index (χ1) is 5.70. The summed E-state index contributed by atoms with van der Waals surface area (Å²) in [6.07, 6.45) is 3.68. The second-order valence-corrected chi connectivity index (χ2v) is 4.25. The quantitative estimate of drug-likeness (QED) is 0.484. The van der Waals surface area contributed by atoms with Gasteiger partial charge in [0, 0.05) is 35.2 Å². The number of halogens is 1. The predicted octanol–water partition coefficient (Wildman–Crippen LogP) is 1.62. The van der Waals surface area contributed by atoms with Crippen LogP contribution in [0.2, 0.25) is 0 Å². The number of hydrogen-bond acceptors (Lipinski definition) is 2. The maximum absolute atomic E-state index is 10.6. The van der Waals surface area contributed by atoms with Crippen LogP contribution in [0.3, 0.4) is 0 Å². The van der Waals surface area contributed by atoms with Crippen LogP contribution in [0, 0.1) is 0 Å². The van der Waals surface area contributed by atoms with Crippen LogP contribution in [0.4, 0.5) is 4.79 Å². The first-order valence-electron chi connectivity index (χ1n) is 4.33. The van der Waals surface area contributed by atoms with Crippen LogP contribution in [-0.2, 0) is 0 Å². The molecule has 12 heavy (non-hydrogen) atoms.